The molecule has 0 atom stereocenters. The molecule has 0 bridgehead atoms. The summed E-state index contributed by atoms with van der Waals surface area (Å²) in [6.07, 6.45) is 7.27. The van der Waals surface area contributed by atoms with Crippen LogP contribution in [0, 0.1) is 0 Å². The van der Waals surface area contributed by atoms with E-state index in [1.165, 1.54) is 11.1 Å². The van der Waals surface area contributed by atoms with Gasteiger partial charge in [0.05, 0.1) is 6.61 Å². The second kappa shape index (κ2) is 5.48. The van der Waals surface area contributed by atoms with Gasteiger partial charge in [0.2, 0.25) is 0 Å². The summed E-state index contributed by atoms with van der Waals surface area (Å²) in [7, 11) is 0. The first-order chi connectivity index (χ1) is 8.29. The number of hydrogen-bond donors (Lipinski definition) is 0. The normalized spacial score (nSPS) is 13.3. The molecule has 0 saturated heterocycles. The summed E-state index contributed by atoms with van der Waals surface area (Å²) in [6, 6.07) is 6.09. The van der Waals surface area contributed by atoms with Gasteiger partial charge in [0.1, 0.15) is 12.0 Å². The van der Waals surface area contributed by atoms with Gasteiger partial charge in [-0.2, -0.15) is 0 Å². The van der Waals surface area contributed by atoms with Crippen molar-refractivity contribution in [1.29, 1.82) is 0 Å². The number of benzene rings is 1. The zero-order valence-electron chi connectivity index (χ0n) is 9.82. The fourth-order valence-electron chi connectivity index (χ4n) is 1.86. The summed E-state index contributed by atoms with van der Waals surface area (Å²) in [5.41, 5.74) is 3.61. The Hall–Kier alpha value is -1.83. The molecule has 0 aromatic heterocycles. The number of hydrogen-bond acceptors (Lipinski definition) is 2. The molecule has 0 fully saturated rings. The molecule has 0 heterocycles. The second-order valence-corrected chi connectivity index (χ2v) is 4.19. The zero-order chi connectivity index (χ0) is 12.1. The van der Waals surface area contributed by atoms with Gasteiger partial charge < -0.3 is 9.53 Å². The summed E-state index contributed by atoms with van der Waals surface area (Å²) < 4.78 is 5.60. The van der Waals surface area contributed by atoms with Crippen LogP contribution in [0.3, 0.4) is 0 Å². The molecule has 2 nitrogen and oxygen atoms in total. The first kappa shape index (κ1) is 11.6. The smallest absolute Gasteiger partial charge is 0.120 e. The molecule has 1 aromatic rings. The largest absolute Gasteiger partial charge is 0.494 e. The summed E-state index contributed by atoms with van der Waals surface area (Å²) in [5, 5.41) is 0. The third-order valence-electron chi connectivity index (χ3n) is 2.77. The average molecular weight is 228 g/mol. The Labute approximate surface area is 102 Å². The standard InChI is InChI=1S/C15H16O2/c1-12-4-5-13-6-7-15(11-14(13)10-12)17-9-3-2-8-16/h4-8,11H,1-3,9-10H2. The molecule has 0 unspecified atom stereocenters. The number of ether oxygens (including phenoxy) is 1. The van der Waals surface area contributed by atoms with Crippen molar-refractivity contribution in [3.63, 3.8) is 0 Å². The van der Waals surface area contributed by atoms with Crippen molar-refractivity contribution in [2.24, 2.45) is 0 Å². The summed E-state index contributed by atoms with van der Waals surface area (Å²) in [6.45, 7) is 4.55. The van der Waals surface area contributed by atoms with Crippen LogP contribution in [-0.2, 0) is 11.2 Å². The zero-order valence-corrected chi connectivity index (χ0v) is 9.82. The Morgan fingerprint density at radius 1 is 1.35 bits per heavy atom. The van der Waals surface area contributed by atoms with Gasteiger partial charge in [0, 0.05) is 6.42 Å². The molecule has 0 amide bonds. The maximum Gasteiger partial charge on any atom is 0.120 e. The van der Waals surface area contributed by atoms with Crippen LogP contribution >= 0.6 is 0 Å². The Morgan fingerprint density at radius 2 is 2.24 bits per heavy atom. The lowest BCUT2D eigenvalue weighted by molar-refractivity contribution is -0.108. The minimum atomic E-state index is 0.560. The van der Waals surface area contributed by atoms with Crippen molar-refractivity contribution in [3.05, 3.63) is 47.6 Å². The lowest BCUT2D eigenvalue weighted by Gasteiger charge is -2.14. The SMILES string of the molecule is C=C1C=Cc2ccc(OCCCC=O)cc2C1. The van der Waals surface area contributed by atoms with E-state index in [-0.39, 0.29) is 0 Å². The quantitative estimate of drug-likeness (QED) is 0.571. The minimum Gasteiger partial charge on any atom is -0.494 e. The average Bonchev–Trinajstić information content (AvgIpc) is 2.34. The molecule has 0 spiro atoms. The van der Waals surface area contributed by atoms with Crippen molar-refractivity contribution in [1.82, 2.24) is 0 Å². The van der Waals surface area contributed by atoms with E-state index in [1.54, 1.807) is 0 Å². The summed E-state index contributed by atoms with van der Waals surface area (Å²) in [5.74, 6) is 0.873. The second-order valence-electron chi connectivity index (χ2n) is 4.19. The molecule has 0 saturated carbocycles. The fourth-order valence-corrected chi connectivity index (χ4v) is 1.86. The number of unbranched alkanes of at least 4 members (excludes halogenated alkanes) is 1. The van der Waals surface area contributed by atoms with Gasteiger partial charge in [0.25, 0.3) is 0 Å². The molecule has 2 heteroatoms. The van der Waals surface area contributed by atoms with Crippen LogP contribution in [0.15, 0.2) is 36.4 Å². The summed E-state index contributed by atoms with van der Waals surface area (Å²) in [4.78, 5) is 10.2. The van der Waals surface area contributed by atoms with Gasteiger partial charge in [-0.15, -0.1) is 0 Å². The van der Waals surface area contributed by atoms with Crippen LogP contribution in [0.4, 0.5) is 0 Å². The van der Waals surface area contributed by atoms with E-state index < -0.39 is 0 Å². The van der Waals surface area contributed by atoms with Gasteiger partial charge >= 0.3 is 0 Å². The number of carbonyl (C=O) groups is 1. The Bertz CT molecular complexity index is 458. The van der Waals surface area contributed by atoms with E-state index in [4.69, 9.17) is 4.74 Å². The van der Waals surface area contributed by atoms with Crippen LogP contribution in [0.1, 0.15) is 24.0 Å². The topological polar surface area (TPSA) is 26.3 Å². The number of aldehydes is 1. The van der Waals surface area contributed by atoms with Crippen molar-refractivity contribution >= 4 is 12.4 Å². The molecule has 1 aromatic carbocycles. The highest BCUT2D eigenvalue weighted by molar-refractivity contribution is 5.62. The first-order valence-electron chi connectivity index (χ1n) is 5.85. The molecule has 0 radical (unpaired) electrons. The van der Waals surface area contributed by atoms with E-state index in [9.17, 15) is 4.79 Å². The van der Waals surface area contributed by atoms with Crippen molar-refractivity contribution in [2.45, 2.75) is 19.3 Å². The van der Waals surface area contributed by atoms with Crippen LogP contribution in [0.2, 0.25) is 0 Å². The van der Waals surface area contributed by atoms with E-state index >= 15 is 0 Å². The molecule has 1 aliphatic rings. The highest BCUT2D eigenvalue weighted by atomic mass is 16.5. The molecule has 17 heavy (non-hydrogen) atoms. The molecule has 88 valence electrons. The van der Waals surface area contributed by atoms with Crippen LogP contribution < -0.4 is 4.74 Å². The number of allylic oxidation sites excluding steroid dienone is 2. The van der Waals surface area contributed by atoms with Crippen molar-refractivity contribution in [2.75, 3.05) is 6.61 Å². The molecular weight excluding hydrogens is 212 g/mol. The van der Waals surface area contributed by atoms with E-state index in [0.717, 1.165) is 30.5 Å². The molecule has 0 aliphatic heterocycles. The van der Waals surface area contributed by atoms with E-state index in [0.29, 0.717) is 13.0 Å². The van der Waals surface area contributed by atoms with Crippen LogP contribution in [0.5, 0.6) is 5.75 Å². The monoisotopic (exact) mass is 228 g/mol. The molecule has 2 rings (SSSR count). The molecule has 1 aliphatic carbocycles. The predicted molar refractivity (Wildman–Crippen MR) is 69.1 cm³/mol. The highest BCUT2D eigenvalue weighted by Crippen LogP contribution is 2.25. The van der Waals surface area contributed by atoms with E-state index in [1.807, 2.05) is 12.1 Å². The third kappa shape index (κ3) is 3.06. The Balaban J connectivity index is 2.01. The van der Waals surface area contributed by atoms with E-state index in [2.05, 4.69) is 24.8 Å². The molecule has 0 N–H and O–H groups in total. The number of rotatable bonds is 5. The Kier molecular flexibility index (Phi) is 3.76. The first-order valence-corrected chi connectivity index (χ1v) is 5.85. The van der Waals surface area contributed by atoms with Crippen LogP contribution in [0.25, 0.3) is 6.08 Å². The Morgan fingerprint density at radius 3 is 3.06 bits per heavy atom. The van der Waals surface area contributed by atoms with Crippen LogP contribution in [-0.4, -0.2) is 12.9 Å². The van der Waals surface area contributed by atoms with Crippen molar-refractivity contribution in [3.8, 4) is 5.75 Å². The van der Waals surface area contributed by atoms with Gasteiger partial charge in [0.15, 0.2) is 0 Å². The maximum atomic E-state index is 10.2. The highest BCUT2D eigenvalue weighted by Gasteiger charge is 2.07. The van der Waals surface area contributed by atoms with Gasteiger partial charge in [-0.1, -0.05) is 30.4 Å². The molecular formula is C15H16O2. The fraction of sp³-hybridized carbons (Fsp3) is 0.267. The van der Waals surface area contributed by atoms with Gasteiger partial charge in [-0.3, -0.25) is 0 Å². The minimum absolute atomic E-state index is 0.560. The number of fused-ring (bicyclic) bond motifs is 1. The third-order valence-corrected chi connectivity index (χ3v) is 2.77. The number of carbonyl (C=O) groups excluding carboxylic acids is 1. The maximum absolute atomic E-state index is 10.2. The summed E-state index contributed by atoms with van der Waals surface area (Å²) >= 11 is 0. The lowest BCUT2D eigenvalue weighted by atomic mass is 9.94. The lowest BCUT2D eigenvalue weighted by Crippen LogP contribution is -2.01. The van der Waals surface area contributed by atoms with Gasteiger partial charge in [-0.05, 0) is 36.1 Å². The van der Waals surface area contributed by atoms with Crippen molar-refractivity contribution < 1.29 is 9.53 Å². The van der Waals surface area contributed by atoms with Gasteiger partial charge in [-0.25, -0.2) is 0 Å². The predicted octanol–water partition coefficient (Wildman–Crippen LogP) is 3.17.